The van der Waals surface area contributed by atoms with Crippen LogP contribution >= 0.6 is 11.3 Å². The van der Waals surface area contributed by atoms with Crippen molar-refractivity contribution in [2.75, 3.05) is 0 Å². The molecule has 0 fully saturated rings. The molecular weight excluding hydrogens is 616 g/mol. The van der Waals surface area contributed by atoms with Crippen molar-refractivity contribution in [2.24, 2.45) is 10.8 Å². The van der Waals surface area contributed by atoms with Gasteiger partial charge < -0.3 is 0 Å². The molecule has 120 valence electrons. The van der Waals surface area contributed by atoms with Crippen LogP contribution in [0.2, 0.25) is 0 Å². The van der Waals surface area contributed by atoms with Crippen LogP contribution in [0, 0.1) is 16.2 Å². The molecule has 0 nitrogen and oxygen atoms in total. The molecule has 0 unspecified atom stereocenters. The minimum atomic E-state index is 0.257. The van der Waals surface area contributed by atoms with Gasteiger partial charge in [-0.05, 0) is 0 Å². The molecular formula is C18H28SW2-2. The standard InChI is InChI=1S/C13H19S.C5H9.2W/c1-12(2,3)8-10-7-11(14-9-10)13(4,5)6;1-5(2,3)4;;/h7H,1-6H3;1-3H3;;/q2*-1;;. The van der Waals surface area contributed by atoms with Crippen LogP contribution in [0.25, 0.3) is 0 Å². The average Bonchev–Trinajstić information content (AvgIpc) is 2.75. The molecule has 0 bridgehead atoms. The summed E-state index contributed by atoms with van der Waals surface area (Å²) in [7, 11) is 0. The first-order chi connectivity index (χ1) is 9.18. The first-order valence-corrected chi connectivity index (χ1v) is 10.9. The van der Waals surface area contributed by atoms with Crippen LogP contribution < -0.4 is 0 Å². The van der Waals surface area contributed by atoms with Crippen LogP contribution in [0.5, 0.6) is 0 Å². The average molecular weight is 644 g/mol. The second-order valence-electron chi connectivity index (χ2n) is 8.31. The molecule has 0 aliphatic heterocycles. The molecule has 0 N–H and O–H groups in total. The number of hydrogen-bond donors (Lipinski definition) is 0. The van der Waals surface area contributed by atoms with Gasteiger partial charge in [0.1, 0.15) is 0 Å². The van der Waals surface area contributed by atoms with Crippen molar-refractivity contribution in [3.63, 3.8) is 0 Å². The third kappa shape index (κ3) is 8.88. The van der Waals surface area contributed by atoms with Crippen molar-refractivity contribution in [1.29, 1.82) is 0 Å². The Morgan fingerprint density at radius 3 is 1.71 bits per heavy atom. The van der Waals surface area contributed by atoms with E-state index in [2.05, 4.69) is 78.2 Å². The van der Waals surface area contributed by atoms with Crippen LogP contribution in [0.4, 0.5) is 0 Å². The summed E-state index contributed by atoms with van der Waals surface area (Å²) >= 11 is 4.77. The Balaban J connectivity index is 0.000000567. The van der Waals surface area contributed by atoms with Crippen molar-refractivity contribution in [1.82, 2.24) is 0 Å². The van der Waals surface area contributed by atoms with Crippen LogP contribution in [0.3, 0.4) is 0 Å². The van der Waals surface area contributed by atoms with E-state index in [4.69, 9.17) is 0 Å². The van der Waals surface area contributed by atoms with E-state index in [1.54, 1.807) is 30.7 Å². The Bertz CT molecular complexity index is 477. The Kier molecular flexibility index (Phi) is 8.39. The Morgan fingerprint density at radius 2 is 1.48 bits per heavy atom. The zero-order valence-corrected chi connectivity index (χ0v) is 21.5. The summed E-state index contributed by atoms with van der Waals surface area (Å²) in [5.74, 6) is 0. The second-order valence-corrected chi connectivity index (χ2v) is 11.4. The van der Waals surface area contributed by atoms with Gasteiger partial charge in [0.2, 0.25) is 0 Å². The summed E-state index contributed by atoms with van der Waals surface area (Å²) in [5, 5.41) is 3.44. The molecule has 0 aliphatic rings. The third-order valence-corrected chi connectivity index (χ3v) is 8.98. The van der Waals surface area contributed by atoms with Crippen LogP contribution in [0.15, 0.2) is 6.07 Å². The molecule has 0 saturated heterocycles. The second kappa shape index (κ2) is 8.08. The minimum absolute atomic E-state index is 0.257. The predicted octanol–water partition coefficient (Wildman–Crippen LogP) is 5.22. The maximum atomic E-state index is 3.44. The molecule has 0 aliphatic carbocycles. The summed E-state index contributed by atoms with van der Waals surface area (Å²) in [4.78, 5) is 1.43. The van der Waals surface area contributed by atoms with Crippen molar-refractivity contribution >= 4 is 19.6 Å². The third-order valence-electron chi connectivity index (χ3n) is 2.52. The molecule has 0 saturated carbocycles. The van der Waals surface area contributed by atoms with Gasteiger partial charge in [-0.2, -0.15) is 0 Å². The van der Waals surface area contributed by atoms with Gasteiger partial charge in [-0.1, -0.05) is 0 Å². The summed E-state index contributed by atoms with van der Waals surface area (Å²) in [6.07, 6.45) is 0. The van der Waals surface area contributed by atoms with Crippen LogP contribution in [0.1, 0.15) is 72.8 Å². The SMILES string of the molecule is CC(C)(C)[C-]=[W].CC(C)(C)[C](=[W])c1[c-]sc(C(C)(C)C)c1. The molecule has 21 heavy (non-hydrogen) atoms. The summed E-state index contributed by atoms with van der Waals surface area (Å²) < 4.78 is 4.70. The van der Waals surface area contributed by atoms with Crippen LogP contribution in [-0.2, 0) is 44.1 Å². The molecule has 1 aromatic rings. The quantitative estimate of drug-likeness (QED) is 0.369. The zero-order chi connectivity index (χ0) is 17.1. The van der Waals surface area contributed by atoms with Gasteiger partial charge in [0.25, 0.3) is 0 Å². The fourth-order valence-corrected chi connectivity index (χ4v) is 2.70. The molecule has 1 heterocycles. The molecule has 0 radical (unpaired) electrons. The van der Waals surface area contributed by atoms with Gasteiger partial charge in [-0.25, -0.2) is 0 Å². The van der Waals surface area contributed by atoms with Crippen molar-refractivity contribution in [3.05, 3.63) is 21.9 Å². The molecule has 1 rings (SSSR count). The number of thiophene rings is 1. The van der Waals surface area contributed by atoms with Gasteiger partial charge in [0.05, 0.1) is 0 Å². The van der Waals surface area contributed by atoms with Gasteiger partial charge in [-0.3, -0.25) is 0 Å². The fraction of sp³-hybridized carbons (Fsp3) is 0.667. The summed E-state index contributed by atoms with van der Waals surface area (Å²) in [6, 6.07) is 2.32. The van der Waals surface area contributed by atoms with Gasteiger partial charge in [0.15, 0.2) is 0 Å². The van der Waals surface area contributed by atoms with E-state index in [9.17, 15) is 0 Å². The predicted molar refractivity (Wildman–Crippen MR) is 89.9 cm³/mol. The summed E-state index contributed by atoms with van der Waals surface area (Å²) in [5.41, 5.74) is 2.19. The van der Waals surface area contributed by atoms with E-state index in [1.165, 1.54) is 33.7 Å². The Hall–Kier alpha value is 0.817. The van der Waals surface area contributed by atoms with Crippen molar-refractivity contribution in [2.45, 2.75) is 67.7 Å². The fourth-order valence-electron chi connectivity index (χ4n) is 1.19. The van der Waals surface area contributed by atoms with Crippen LogP contribution in [-0.4, -0.2) is 8.30 Å². The first kappa shape index (κ1) is 21.8. The zero-order valence-electron chi connectivity index (χ0n) is 14.8. The maximum absolute atomic E-state index is 3.44. The Labute approximate surface area is 157 Å². The van der Waals surface area contributed by atoms with Gasteiger partial charge >= 0.3 is 159 Å². The Morgan fingerprint density at radius 1 is 1.05 bits per heavy atom. The number of hydrogen-bond acceptors (Lipinski definition) is 1. The van der Waals surface area contributed by atoms with E-state index < -0.39 is 0 Å². The molecule has 0 amide bonds. The van der Waals surface area contributed by atoms with E-state index in [0.29, 0.717) is 5.41 Å². The molecule has 0 atom stereocenters. The van der Waals surface area contributed by atoms with Gasteiger partial charge in [-0.15, -0.1) is 0 Å². The number of rotatable bonds is 1. The molecule has 0 aromatic carbocycles. The molecule has 1 aromatic heterocycles. The first-order valence-electron chi connectivity index (χ1n) is 7.14. The van der Waals surface area contributed by atoms with Gasteiger partial charge in [0, 0.05) is 0 Å². The molecule has 3 heteroatoms. The van der Waals surface area contributed by atoms with E-state index in [1.807, 2.05) is 0 Å². The van der Waals surface area contributed by atoms with E-state index in [-0.39, 0.29) is 10.8 Å². The summed E-state index contributed by atoms with van der Waals surface area (Å²) in [6.45, 7) is 20.1. The van der Waals surface area contributed by atoms with E-state index in [0.717, 1.165) is 0 Å². The normalized spacial score (nSPS) is 12.4. The van der Waals surface area contributed by atoms with E-state index >= 15 is 0 Å². The topological polar surface area (TPSA) is 0 Å². The molecule has 0 spiro atoms. The van der Waals surface area contributed by atoms with Crippen molar-refractivity contribution < 1.29 is 38.7 Å². The monoisotopic (exact) mass is 644 g/mol. The van der Waals surface area contributed by atoms with Crippen molar-refractivity contribution in [3.8, 4) is 0 Å².